The zero-order chi connectivity index (χ0) is 11.1. The highest BCUT2D eigenvalue weighted by Crippen LogP contribution is 2.31. The van der Waals surface area contributed by atoms with Crippen LogP contribution in [0.4, 0.5) is 0 Å². The van der Waals surface area contributed by atoms with E-state index in [1.54, 1.807) is 0 Å². The first-order valence-corrected chi connectivity index (χ1v) is 5.85. The van der Waals surface area contributed by atoms with Gasteiger partial charge >= 0.3 is 0 Å². The maximum Gasteiger partial charge on any atom is 0.237 e. The molecule has 0 saturated carbocycles. The maximum atomic E-state index is 11.8. The monoisotopic (exact) mass is 252 g/mol. The molecule has 3 nitrogen and oxygen atoms in total. The lowest BCUT2D eigenvalue weighted by Gasteiger charge is -2.40. The molecule has 3 rings (SSSR count). The Morgan fingerprint density at radius 3 is 3.06 bits per heavy atom. The van der Waals surface area contributed by atoms with Gasteiger partial charge in [-0.15, -0.1) is 12.4 Å². The lowest BCUT2D eigenvalue weighted by molar-refractivity contribution is -0.135. The first kappa shape index (κ1) is 12.4. The molecule has 0 radical (unpaired) electrons. The summed E-state index contributed by atoms with van der Waals surface area (Å²) in [5, 5.41) is 3.20. The SMILES string of the molecule is Cc1ccc2c(c1)C1CNCC(=O)N1CC2.Cl. The molecule has 2 aliphatic rings. The molecular formula is C13H17ClN2O. The van der Waals surface area contributed by atoms with E-state index in [1.165, 1.54) is 16.7 Å². The average Bonchev–Trinajstić information content (AvgIpc) is 2.29. The zero-order valence-electron chi connectivity index (χ0n) is 9.90. The Balaban J connectivity index is 0.00000108. The summed E-state index contributed by atoms with van der Waals surface area (Å²) in [5.41, 5.74) is 4.02. The molecule has 1 saturated heterocycles. The van der Waals surface area contributed by atoms with Crippen molar-refractivity contribution in [3.8, 4) is 0 Å². The minimum atomic E-state index is 0. The lowest BCUT2D eigenvalue weighted by atomic mass is 9.90. The van der Waals surface area contributed by atoms with Crippen molar-refractivity contribution in [2.24, 2.45) is 0 Å². The van der Waals surface area contributed by atoms with Gasteiger partial charge in [-0.3, -0.25) is 4.79 Å². The molecule has 2 aliphatic heterocycles. The summed E-state index contributed by atoms with van der Waals surface area (Å²) in [5.74, 6) is 0.239. The van der Waals surface area contributed by atoms with Gasteiger partial charge in [0.1, 0.15) is 0 Å². The van der Waals surface area contributed by atoms with Gasteiger partial charge in [0.25, 0.3) is 0 Å². The average molecular weight is 253 g/mol. The molecular weight excluding hydrogens is 236 g/mol. The summed E-state index contributed by atoms with van der Waals surface area (Å²) in [4.78, 5) is 13.8. The molecule has 1 aromatic rings. The van der Waals surface area contributed by atoms with Crippen LogP contribution in [0.1, 0.15) is 22.7 Å². The van der Waals surface area contributed by atoms with Crippen molar-refractivity contribution < 1.29 is 4.79 Å². The fourth-order valence-electron chi connectivity index (χ4n) is 2.75. The van der Waals surface area contributed by atoms with E-state index >= 15 is 0 Å². The third-order valence-corrected chi connectivity index (χ3v) is 3.59. The first-order chi connectivity index (χ1) is 7.75. The molecule has 0 aliphatic carbocycles. The third kappa shape index (κ3) is 2.05. The second-order valence-corrected chi connectivity index (χ2v) is 4.69. The quantitative estimate of drug-likeness (QED) is 0.758. The van der Waals surface area contributed by atoms with E-state index in [-0.39, 0.29) is 24.4 Å². The predicted octanol–water partition coefficient (Wildman–Crippen LogP) is 1.45. The minimum absolute atomic E-state index is 0. The van der Waals surface area contributed by atoms with Crippen molar-refractivity contribution in [3.05, 3.63) is 34.9 Å². The van der Waals surface area contributed by atoms with Crippen molar-refractivity contribution in [3.63, 3.8) is 0 Å². The van der Waals surface area contributed by atoms with Gasteiger partial charge < -0.3 is 10.2 Å². The number of piperazine rings is 1. The van der Waals surface area contributed by atoms with Crippen LogP contribution in [0.2, 0.25) is 0 Å². The molecule has 1 amide bonds. The Morgan fingerprint density at radius 2 is 2.24 bits per heavy atom. The van der Waals surface area contributed by atoms with Crippen molar-refractivity contribution in [1.29, 1.82) is 0 Å². The number of hydrogen-bond acceptors (Lipinski definition) is 2. The van der Waals surface area contributed by atoms with Crippen LogP contribution < -0.4 is 5.32 Å². The number of rotatable bonds is 0. The topological polar surface area (TPSA) is 32.3 Å². The number of carbonyl (C=O) groups excluding carboxylic acids is 1. The highest BCUT2D eigenvalue weighted by atomic mass is 35.5. The molecule has 17 heavy (non-hydrogen) atoms. The molecule has 0 spiro atoms. The van der Waals surface area contributed by atoms with E-state index in [9.17, 15) is 4.79 Å². The number of amides is 1. The number of hydrogen-bond donors (Lipinski definition) is 1. The van der Waals surface area contributed by atoms with Gasteiger partial charge in [-0.1, -0.05) is 23.8 Å². The van der Waals surface area contributed by atoms with Crippen LogP contribution in [-0.4, -0.2) is 30.4 Å². The summed E-state index contributed by atoms with van der Waals surface area (Å²) in [6.45, 7) is 4.37. The van der Waals surface area contributed by atoms with Crippen molar-refractivity contribution in [2.45, 2.75) is 19.4 Å². The fraction of sp³-hybridized carbons (Fsp3) is 0.462. The zero-order valence-corrected chi connectivity index (χ0v) is 10.7. The summed E-state index contributed by atoms with van der Waals surface area (Å²) in [6.07, 6.45) is 0.998. The third-order valence-electron chi connectivity index (χ3n) is 3.59. The van der Waals surface area contributed by atoms with Gasteiger partial charge in [-0.05, 0) is 24.5 Å². The molecule has 92 valence electrons. The summed E-state index contributed by atoms with van der Waals surface area (Å²) in [7, 11) is 0. The largest absolute Gasteiger partial charge is 0.333 e. The highest BCUT2D eigenvalue weighted by Gasteiger charge is 2.33. The molecule has 0 aromatic heterocycles. The standard InChI is InChI=1S/C13H16N2O.ClH/c1-9-2-3-10-4-5-15-12(11(10)6-9)7-14-8-13(15)16;/h2-3,6,12,14H,4-5,7-8H2,1H3;1H. The lowest BCUT2D eigenvalue weighted by Crippen LogP contribution is -2.52. The summed E-state index contributed by atoms with van der Waals surface area (Å²) in [6, 6.07) is 6.85. The van der Waals surface area contributed by atoms with Gasteiger partial charge in [-0.25, -0.2) is 0 Å². The number of carbonyl (C=O) groups is 1. The van der Waals surface area contributed by atoms with Gasteiger partial charge in [0.15, 0.2) is 0 Å². The fourth-order valence-corrected chi connectivity index (χ4v) is 2.75. The molecule has 1 N–H and O–H groups in total. The van der Waals surface area contributed by atoms with Gasteiger partial charge in [-0.2, -0.15) is 0 Å². The van der Waals surface area contributed by atoms with E-state index in [4.69, 9.17) is 0 Å². The number of nitrogens with one attached hydrogen (secondary N) is 1. The number of nitrogens with zero attached hydrogens (tertiary/aromatic N) is 1. The van der Waals surface area contributed by atoms with Crippen LogP contribution >= 0.6 is 12.4 Å². The number of halogens is 1. The van der Waals surface area contributed by atoms with Crippen LogP contribution in [0.15, 0.2) is 18.2 Å². The highest BCUT2D eigenvalue weighted by molar-refractivity contribution is 5.85. The van der Waals surface area contributed by atoms with Crippen molar-refractivity contribution in [2.75, 3.05) is 19.6 Å². The van der Waals surface area contributed by atoms with Crippen LogP contribution in [0.25, 0.3) is 0 Å². The van der Waals surface area contributed by atoms with E-state index in [1.807, 2.05) is 4.90 Å². The Bertz CT molecular complexity index is 447. The molecule has 2 heterocycles. The van der Waals surface area contributed by atoms with Gasteiger partial charge in [0, 0.05) is 13.1 Å². The molecule has 1 aromatic carbocycles. The summed E-state index contributed by atoms with van der Waals surface area (Å²) >= 11 is 0. The van der Waals surface area contributed by atoms with E-state index in [0.717, 1.165) is 19.5 Å². The Labute approximate surface area is 108 Å². The molecule has 1 atom stereocenters. The normalized spacial score (nSPS) is 22.5. The van der Waals surface area contributed by atoms with Gasteiger partial charge in [0.2, 0.25) is 5.91 Å². The van der Waals surface area contributed by atoms with E-state index in [0.29, 0.717) is 6.54 Å². The van der Waals surface area contributed by atoms with Gasteiger partial charge in [0.05, 0.1) is 12.6 Å². The van der Waals surface area contributed by atoms with Crippen molar-refractivity contribution in [1.82, 2.24) is 10.2 Å². The van der Waals surface area contributed by atoms with Crippen LogP contribution in [-0.2, 0) is 11.2 Å². The second kappa shape index (κ2) is 4.67. The Hall–Kier alpha value is -1.06. The Morgan fingerprint density at radius 1 is 1.41 bits per heavy atom. The number of benzene rings is 1. The first-order valence-electron chi connectivity index (χ1n) is 5.85. The van der Waals surface area contributed by atoms with Crippen LogP contribution in [0.5, 0.6) is 0 Å². The number of aryl methyl sites for hydroxylation is 1. The second-order valence-electron chi connectivity index (χ2n) is 4.69. The summed E-state index contributed by atoms with van der Waals surface area (Å²) < 4.78 is 0. The molecule has 0 bridgehead atoms. The van der Waals surface area contributed by atoms with E-state index in [2.05, 4.69) is 30.4 Å². The number of fused-ring (bicyclic) bond motifs is 3. The van der Waals surface area contributed by atoms with E-state index < -0.39 is 0 Å². The maximum absolute atomic E-state index is 11.8. The van der Waals surface area contributed by atoms with Crippen molar-refractivity contribution >= 4 is 18.3 Å². The predicted molar refractivity (Wildman–Crippen MR) is 69.5 cm³/mol. The van der Waals surface area contributed by atoms with Crippen LogP contribution in [0, 0.1) is 6.92 Å². The van der Waals surface area contributed by atoms with Crippen LogP contribution in [0.3, 0.4) is 0 Å². The minimum Gasteiger partial charge on any atom is -0.333 e. The molecule has 1 unspecified atom stereocenters. The molecule has 4 heteroatoms. The molecule has 1 fully saturated rings. The smallest absolute Gasteiger partial charge is 0.237 e. The Kier molecular flexibility index (Phi) is 3.40.